The number of rotatable bonds is 3. The minimum atomic E-state index is -4.64. The number of hydrogen-bond donors (Lipinski definition) is 1. The van der Waals surface area contributed by atoms with Gasteiger partial charge >= 0.3 is 18.2 Å². The molecule has 0 radical (unpaired) electrons. The van der Waals surface area contributed by atoms with Crippen molar-refractivity contribution in [3.8, 4) is 0 Å². The average molecular weight is 359 g/mol. The molecule has 1 fully saturated rings. The highest BCUT2D eigenvalue weighted by Gasteiger charge is 2.37. The zero-order valence-corrected chi connectivity index (χ0v) is 13.3. The molecule has 25 heavy (non-hydrogen) atoms. The zero-order chi connectivity index (χ0) is 18.6. The molecule has 0 atom stereocenters. The van der Waals surface area contributed by atoms with Crippen LogP contribution in [-0.2, 0) is 15.7 Å². The van der Waals surface area contributed by atoms with Gasteiger partial charge in [0.2, 0.25) is 0 Å². The molecule has 10 heteroatoms. The van der Waals surface area contributed by atoms with Crippen molar-refractivity contribution in [2.45, 2.75) is 6.18 Å². The topological polar surface area (TPSA) is 83.0 Å². The Balaban J connectivity index is 2.28. The third kappa shape index (κ3) is 4.61. The molecule has 7 nitrogen and oxygen atoms in total. The van der Waals surface area contributed by atoms with Gasteiger partial charge in [0.15, 0.2) is 0 Å². The number of aromatic nitrogens is 1. The number of nitrogens with zero attached hydrogens (tertiary/aromatic N) is 3. The lowest BCUT2D eigenvalue weighted by Gasteiger charge is -2.35. The van der Waals surface area contributed by atoms with E-state index in [9.17, 15) is 22.8 Å². The summed E-state index contributed by atoms with van der Waals surface area (Å²) in [4.78, 5) is 28.4. The minimum Gasteiger partial charge on any atom is -0.466 e. The molecule has 0 unspecified atom stereocenters. The number of anilines is 1. The maximum atomic E-state index is 13.4. The number of halogens is 3. The smallest absolute Gasteiger partial charge is 0.419 e. The number of alkyl halides is 3. The van der Waals surface area contributed by atoms with Crippen molar-refractivity contribution in [1.82, 2.24) is 9.88 Å². The molecule has 0 saturated carbocycles. The van der Waals surface area contributed by atoms with Crippen molar-refractivity contribution < 1.29 is 32.6 Å². The van der Waals surface area contributed by atoms with E-state index in [1.165, 1.54) is 17.2 Å². The first kappa shape index (κ1) is 18.6. The Kier molecular flexibility index (Phi) is 5.50. The van der Waals surface area contributed by atoms with Crippen molar-refractivity contribution in [2.24, 2.45) is 0 Å². The Morgan fingerprint density at radius 3 is 2.44 bits per heavy atom. The third-order valence-electron chi connectivity index (χ3n) is 3.66. The fourth-order valence-corrected chi connectivity index (χ4v) is 2.37. The van der Waals surface area contributed by atoms with E-state index in [2.05, 4.69) is 9.72 Å². The molecule has 1 amide bonds. The molecule has 2 rings (SSSR count). The van der Waals surface area contributed by atoms with Crippen molar-refractivity contribution in [3.63, 3.8) is 0 Å². The van der Waals surface area contributed by atoms with E-state index >= 15 is 0 Å². The van der Waals surface area contributed by atoms with Gasteiger partial charge in [-0.15, -0.1) is 0 Å². The molecule has 136 valence electrons. The zero-order valence-electron chi connectivity index (χ0n) is 13.3. The van der Waals surface area contributed by atoms with E-state index in [-0.39, 0.29) is 37.6 Å². The fourth-order valence-electron chi connectivity index (χ4n) is 2.37. The van der Waals surface area contributed by atoms with Gasteiger partial charge in [0.1, 0.15) is 5.82 Å². The maximum Gasteiger partial charge on any atom is 0.419 e. The number of carbonyl (C=O) groups excluding carboxylic acids is 1. The molecule has 1 aliphatic heterocycles. The Labute approximate surface area is 141 Å². The number of hydrogen-bond acceptors (Lipinski definition) is 5. The molecular weight excluding hydrogens is 343 g/mol. The van der Waals surface area contributed by atoms with Crippen molar-refractivity contribution in [3.05, 3.63) is 29.5 Å². The number of ether oxygens (including phenoxy) is 1. The molecule has 1 aromatic heterocycles. The van der Waals surface area contributed by atoms with E-state index < -0.39 is 23.8 Å². The van der Waals surface area contributed by atoms with Crippen molar-refractivity contribution in [1.29, 1.82) is 0 Å². The first-order chi connectivity index (χ1) is 11.7. The van der Waals surface area contributed by atoms with Crippen LogP contribution in [0.3, 0.4) is 0 Å². The highest BCUT2D eigenvalue weighted by molar-refractivity contribution is 5.87. The standard InChI is InChI=1S/C15H16F3N3O4/c1-25-12(22)3-2-10-8-11(15(16,17)18)13(19-9-10)20-4-6-21(7-5-20)14(23)24/h2-3,8-9H,4-7H2,1H3,(H,23,24). The van der Waals surface area contributed by atoms with Crippen molar-refractivity contribution >= 4 is 24.0 Å². The highest BCUT2D eigenvalue weighted by atomic mass is 19.4. The van der Waals surface area contributed by atoms with Gasteiger partial charge in [0.05, 0.1) is 12.7 Å². The van der Waals surface area contributed by atoms with Crippen LogP contribution in [0.5, 0.6) is 0 Å². The van der Waals surface area contributed by atoms with Crippen LogP contribution in [0.25, 0.3) is 6.08 Å². The largest absolute Gasteiger partial charge is 0.466 e. The molecule has 1 N–H and O–H groups in total. The van der Waals surface area contributed by atoms with Crippen LogP contribution < -0.4 is 4.90 Å². The van der Waals surface area contributed by atoms with Crippen LogP contribution >= 0.6 is 0 Å². The van der Waals surface area contributed by atoms with Gasteiger partial charge in [-0.2, -0.15) is 13.2 Å². The molecule has 0 aliphatic carbocycles. The predicted molar refractivity (Wildman–Crippen MR) is 82.1 cm³/mol. The van der Waals surface area contributed by atoms with E-state index in [4.69, 9.17) is 5.11 Å². The first-order valence-corrected chi connectivity index (χ1v) is 7.28. The summed E-state index contributed by atoms with van der Waals surface area (Å²) in [5, 5.41) is 8.91. The lowest BCUT2D eigenvalue weighted by atomic mass is 10.1. The summed E-state index contributed by atoms with van der Waals surface area (Å²) in [5.41, 5.74) is -0.839. The second kappa shape index (κ2) is 7.41. The van der Waals surface area contributed by atoms with Gasteiger partial charge in [0.25, 0.3) is 0 Å². The number of piperazine rings is 1. The number of carboxylic acid groups (broad SMARTS) is 1. The quantitative estimate of drug-likeness (QED) is 0.657. The van der Waals surface area contributed by atoms with Crippen LogP contribution in [0.15, 0.2) is 18.3 Å². The Morgan fingerprint density at radius 2 is 1.92 bits per heavy atom. The Bertz CT molecular complexity index is 683. The lowest BCUT2D eigenvalue weighted by molar-refractivity contribution is -0.137. The SMILES string of the molecule is COC(=O)C=Cc1cnc(N2CCN(C(=O)O)CC2)c(C(F)(F)F)c1. The number of amides is 1. The van der Waals surface area contributed by atoms with Crippen LogP contribution in [0, 0.1) is 0 Å². The van der Waals surface area contributed by atoms with Gasteiger partial charge in [0, 0.05) is 38.5 Å². The van der Waals surface area contributed by atoms with Crippen LogP contribution in [-0.4, -0.2) is 60.3 Å². The second-order valence-electron chi connectivity index (χ2n) is 5.25. The molecule has 1 saturated heterocycles. The average Bonchev–Trinajstić information content (AvgIpc) is 2.58. The summed E-state index contributed by atoms with van der Waals surface area (Å²) < 4.78 is 44.5. The molecule has 0 spiro atoms. The fraction of sp³-hybridized carbons (Fsp3) is 0.400. The summed E-state index contributed by atoms with van der Waals surface area (Å²) in [7, 11) is 1.16. The van der Waals surface area contributed by atoms with E-state index in [0.717, 1.165) is 24.2 Å². The van der Waals surface area contributed by atoms with E-state index in [0.29, 0.717) is 0 Å². The summed E-state index contributed by atoms with van der Waals surface area (Å²) in [6.07, 6.45) is -2.34. The monoisotopic (exact) mass is 359 g/mol. The predicted octanol–water partition coefficient (Wildman–Crippen LogP) is 2.09. The molecule has 1 aliphatic rings. The van der Waals surface area contributed by atoms with Crippen LogP contribution in [0.1, 0.15) is 11.1 Å². The summed E-state index contributed by atoms with van der Waals surface area (Å²) in [6, 6.07) is 0.894. The number of esters is 1. The van der Waals surface area contributed by atoms with Gasteiger partial charge in [-0.1, -0.05) is 0 Å². The molecule has 2 heterocycles. The van der Waals surface area contributed by atoms with Crippen LogP contribution in [0.2, 0.25) is 0 Å². The van der Waals surface area contributed by atoms with Gasteiger partial charge < -0.3 is 19.6 Å². The second-order valence-corrected chi connectivity index (χ2v) is 5.25. The van der Waals surface area contributed by atoms with Gasteiger partial charge in [-0.3, -0.25) is 0 Å². The highest BCUT2D eigenvalue weighted by Crippen LogP contribution is 2.36. The van der Waals surface area contributed by atoms with E-state index in [1.54, 1.807) is 0 Å². The van der Waals surface area contributed by atoms with E-state index in [1.807, 2.05) is 0 Å². The van der Waals surface area contributed by atoms with Gasteiger partial charge in [-0.25, -0.2) is 14.6 Å². The minimum absolute atomic E-state index is 0.0955. The molecular formula is C15H16F3N3O4. The number of methoxy groups -OCH3 is 1. The molecule has 0 aromatic carbocycles. The number of pyridine rings is 1. The Morgan fingerprint density at radius 1 is 1.28 bits per heavy atom. The number of carbonyl (C=O) groups is 2. The van der Waals surface area contributed by atoms with Crippen molar-refractivity contribution in [2.75, 3.05) is 38.2 Å². The maximum absolute atomic E-state index is 13.4. The summed E-state index contributed by atoms with van der Waals surface area (Å²) in [6.45, 7) is 0.413. The first-order valence-electron chi connectivity index (χ1n) is 7.28. The van der Waals surface area contributed by atoms with Crippen LogP contribution in [0.4, 0.5) is 23.8 Å². The molecule has 1 aromatic rings. The molecule has 0 bridgehead atoms. The van der Waals surface area contributed by atoms with Gasteiger partial charge in [-0.05, 0) is 17.7 Å². The lowest BCUT2D eigenvalue weighted by Crippen LogP contribution is -2.49. The third-order valence-corrected chi connectivity index (χ3v) is 3.66. The summed E-state index contributed by atoms with van der Waals surface area (Å²) in [5.74, 6) is -0.949. The normalized spacial score (nSPS) is 15.5. The Hall–Kier alpha value is -2.78. The summed E-state index contributed by atoms with van der Waals surface area (Å²) >= 11 is 0.